The molecule has 0 bridgehead atoms. The molecule has 2 unspecified atom stereocenters. The molecule has 3 rings (SSSR count). The molecule has 2 saturated heterocycles. The van der Waals surface area contributed by atoms with Crippen LogP contribution in [-0.4, -0.2) is 57.0 Å². The number of likely N-dealkylation sites (N-methyl/N-ethyl adjacent to an activating group) is 1. The summed E-state index contributed by atoms with van der Waals surface area (Å²) in [6.45, 7) is 5.45. The molecule has 1 aromatic carbocycles. The van der Waals surface area contributed by atoms with E-state index in [0.717, 1.165) is 32.6 Å². The molecule has 0 radical (unpaired) electrons. The standard InChI is InChI=1S/C18H24N4O3/c1-13(23)19-14-4-6-15(7-5-14)22-17(24)12-16(18(22)25)21-9-3-8-20(2)10-11-21/h4-7,16H,3,8-12H2,1-2H3,(H,19,23)/p+2/t16-/m0/s1. The number of anilines is 2. The van der Waals surface area contributed by atoms with Crippen LogP contribution in [0, 0.1) is 0 Å². The van der Waals surface area contributed by atoms with Crippen LogP contribution < -0.4 is 20.0 Å². The van der Waals surface area contributed by atoms with Crippen LogP contribution in [-0.2, 0) is 14.4 Å². The Morgan fingerprint density at radius 2 is 1.84 bits per heavy atom. The van der Waals surface area contributed by atoms with Gasteiger partial charge >= 0.3 is 0 Å². The van der Waals surface area contributed by atoms with Gasteiger partial charge in [-0.3, -0.25) is 14.4 Å². The summed E-state index contributed by atoms with van der Waals surface area (Å²) < 4.78 is 0. The molecule has 2 aliphatic heterocycles. The van der Waals surface area contributed by atoms with Gasteiger partial charge in [0.2, 0.25) is 11.8 Å². The van der Waals surface area contributed by atoms with Crippen LogP contribution in [0.15, 0.2) is 24.3 Å². The van der Waals surface area contributed by atoms with Crippen molar-refractivity contribution < 1.29 is 24.2 Å². The van der Waals surface area contributed by atoms with Gasteiger partial charge in [0.25, 0.3) is 5.91 Å². The van der Waals surface area contributed by atoms with Crippen molar-refractivity contribution in [1.82, 2.24) is 0 Å². The zero-order chi connectivity index (χ0) is 18.0. The number of imide groups is 1. The second kappa shape index (κ2) is 7.33. The Morgan fingerprint density at radius 3 is 2.52 bits per heavy atom. The van der Waals surface area contributed by atoms with Crippen LogP contribution in [0.4, 0.5) is 11.4 Å². The molecule has 2 fully saturated rings. The maximum Gasteiger partial charge on any atom is 0.292 e. The second-order valence-electron chi connectivity index (χ2n) is 7.02. The molecule has 134 valence electrons. The van der Waals surface area contributed by atoms with Crippen molar-refractivity contribution in [3.05, 3.63) is 24.3 Å². The number of nitrogens with one attached hydrogen (secondary N) is 3. The molecule has 0 saturated carbocycles. The molecule has 7 nitrogen and oxygen atoms in total. The molecule has 7 heteroatoms. The number of rotatable bonds is 3. The lowest BCUT2D eigenvalue weighted by Crippen LogP contribution is -3.19. The molecule has 25 heavy (non-hydrogen) atoms. The van der Waals surface area contributed by atoms with E-state index in [1.54, 1.807) is 24.3 Å². The first kappa shape index (κ1) is 17.6. The summed E-state index contributed by atoms with van der Waals surface area (Å²) in [4.78, 5) is 40.5. The van der Waals surface area contributed by atoms with Gasteiger partial charge in [-0.1, -0.05) is 0 Å². The van der Waals surface area contributed by atoms with Crippen LogP contribution in [0.5, 0.6) is 0 Å². The molecule has 1 aromatic rings. The number of nitrogens with zero attached hydrogens (tertiary/aromatic N) is 1. The zero-order valence-corrected chi connectivity index (χ0v) is 14.8. The first-order valence-corrected chi connectivity index (χ1v) is 8.86. The normalized spacial score (nSPS) is 27.3. The average molecular weight is 346 g/mol. The van der Waals surface area contributed by atoms with Gasteiger partial charge in [0.05, 0.1) is 32.2 Å². The zero-order valence-electron chi connectivity index (χ0n) is 14.8. The van der Waals surface area contributed by atoms with Crippen LogP contribution in [0.3, 0.4) is 0 Å². The first-order chi connectivity index (χ1) is 12.0. The molecular formula is C18H26N4O3+2. The van der Waals surface area contributed by atoms with E-state index in [2.05, 4.69) is 12.4 Å². The predicted octanol–water partition coefficient (Wildman–Crippen LogP) is -1.92. The minimum atomic E-state index is -0.270. The molecular weight excluding hydrogens is 320 g/mol. The lowest BCUT2D eigenvalue weighted by atomic mass is 10.2. The number of quaternary nitrogens is 2. The predicted molar refractivity (Wildman–Crippen MR) is 93.6 cm³/mol. The fourth-order valence-electron chi connectivity index (χ4n) is 3.71. The molecule has 0 aromatic heterocycles. The number of benzene rings is 1. The van der Waals surface area contributed by atoms with E-state index in [1.807, 2.05) is 0 Å². The molecule has 2 aliphatic rings. The lowest BCUT2D eigenvalue weighted by molar-refractivity contribution is -0.939. The van der Waals surface area contributed by atoms with Crippen LogP contribution in [0.25, 0.3) is 0 Å². The number of hydrogen-bond acceptors (Lipinski definition) is 3. The number of carbonyl (C=O) groups excluding carboxylic acids is 3. The van der Waals surface area contributed by atoms with Crippen LogP contribution >= 0.6 is 0 Å². The summed E-state index contributed by atoms with van der Waals surface area (Å²) in [5.74, 6) is -0.399. The highest BCUT2D eigenvalue weighted by Gasteiger charge is 2.46. The smallest absolute Gasteiger partial charge is 0.292 e. The molecule has 0 spiro atoms. The fraction of sp³-hybridized carbons (Fsp3) is 0.500. The van der Waals surface area contributed by atoms with Gasteiger partial charge in [-0.25, -0.2) is 4.90 Å². The Morgan fingerprint density at radius 1 is 1.12 bits per heavy atom. The van der Waals surface area contributed by atoms with E-state index < -0.39 is 0 Å². The highest BCUT2D eigenvalue weighted by molar-refractivity contribution is 6.21. The fourth-order valence-corrected chi connectivity index (χ4v) is 3.71. The Labute approximate surface area is 147 Å². The van der Waals surface area contributed by atoms with E-state index in [0.29, 0.717) is 11.4 Å². The quantitative estimate of drug-likeness (QED) is 0.559. The average Bonchev–Trinajstić information content (AvgIpc) is 2.72. The van der Waals surface area contributed by atoms with Gasteiger partial charge in [-0.05, 0) is 24.3 Å². The summed E-state index contributed by atoms with van der Waals surface area (Å²) in [5, 5.41) is 2.68. The maximum absolute atomic E-state index is 12.9. The molecule has 3 N–H and O–H groups in total. The Balaban J connectivity index is 1.73. The second-order valence-corrected chi connectivity index (χ2v) is 7.02. The van der Waals surface area contributed by atoms with Crippen molar-refractivity contribution >= 4 is 29.1 Å². The Hall–Kier alpha value is -2.25. The van der Waals surface area contributed by atoms with Crippen molar-refractivity contribution in [2.75, 3.05) is 43.4 Å². The SMILES string of the molecule is CC(=O)Nc1ccc(N2C(=O)C[C@H]([NH+]3CCC[NH+](C)CC3)C2=O)cc1. The summed E-state index contributed by atoms with van der Waals surface area (Å²) in [7, 11) is 2.17. The van der Waals surface area contributed by atoms with Gasteiger partial charge in [-0.15, -0.1) is 0 Å². The summed E-state index contributed by atoms with van der Waals surface area (Å²) in [6, 6.07) is 6.57. The maximum atomic E-state index is 12.9. The van der Waals surface area contributed by atoms with Gasteiger partial charge in [0.15, 0.2) is 6.04 Å². The third kappa shape index (κ3) is 3.88. The van der Waals surface area contributed by atoms with Crippen molar-refractivity contribution in [3.8, 4) is 0 Å². The number of hydrogen-bond donors (Lipinski definition) is 3. The van der Waals surface area contributed by atoms with Crippen LogP contribution in [0.1, 0.15) is 19.8 Å². The monoisotopic (exact) mass is 346 g/mol. The van der Waals surface area contributed by atoms with Crippen molar-refractivity contribution in [1.29, 1.82) is 0 Å². The third-order valence-corrected chi connectivity index (χ3v) is 5.06. The third-order valence-electron chi connectivity index (χ3n) is 5.06. The van der Waals surface area contributed by atoms with Gasteiger partial charge in [-0.2, -0.15) is 0 Å². The van der Waals surface area contributed by atoms with E-state index in [9.17, 15) is 14.4 Å². The minimum absolute atomic E-state index is 0.105. The van der Waals surface area contributed by atoms with Gasteiger partial charge < -0.3 is 15.1 Å². The molecule has 2 heterocycles. The molecule has 3 amide bonds. The van der Waals surface area contributed by atoms with E-state index in [4.69, 9.17) is 0 Å². The Kier molecular flexibility index (Phi) is 5.15. The van der Waals surface area contributed by atoms with Crippen molar-refractivity contribution in [2.24, 2.45) is 0 Å². The summed E-state index contributed by atoms with van der Waals surface area (Å²) in [5.41, 5.74) is 1.22. The highest BCUT2D eigenvalue weighted by atomic mass is 16.2. The van der Waals surface area contributed by atoms with Crippen LogP contribution in [0.2, 0.25) is 0 Å². The molecule has 3 atom stereocenters. The summed E-state index contributed by atoms with van der Waals surface area (Å²) in [6.07, 6.45) is 1.35. The van der Waals surface area contributed by atoms with Gasteiger partial charge in [0, 0.05) is 19.0 Å². The van der Waals surface area contributed by atoms with Crippen molar-refractivity contribution in [2.45, 2.75) is 25.8 Å². The minimum Gasteiger partial charge on any atom is -0.333 e. The largest absolute Gasteiger partial charge is 0.333 e. The van der Waals surface area contributed by atoms with E-state index in [-0.39, 0.29) is 30.2 Å². The lowest BCUT2D eigenvalue weighted by Gasteiger charge is -2.22. The highest BCUT2D eigenvalue weighted by Crippen LogP contribution is 2.23. The summed E-state index contributed by atoms with van der Waals surface area (Å²) >= 11 is 0. The Bertz CT molecular complexity index is 673. The topological polar surface area (TPSA) is 75.4 Å². The van der Waals surface area contributed by atoms with Crippen molar-refractivity contribution in [3.63, 3.8) is 0 Å². The van der Waals surface area contributed by atoms with E-state index in [1.165, 1.54) is 21.6 Å². The van der Waals surface area contributed by atoms with Gasteiger partial charge in [0.1, 0.15) is 13.1 Å². The number of amides is 3. The first-order valence-electron chi connectivity index (χ1n) is 8.86. The van der Waals surface area contributed by atoms with E-state index >= 15 is 0 Å². The number of carbonyl (C=O) groups is 3. The molecule has 0 aliphatic carbocycles.